The fourth-order valence-corrected chi connectivity index (χ4v) is 2.06. The number of phenols is 1. The third-order valence-electron chi connectivity index (χ3n) is 3.29. The van der Waals surface area contributed by atoms with Crippen molar-refractivity contribution in [3.63, 3.8) is 0 Å². The van der Waals surface area contributed by atoms with E-state index in [0.29, 0.717) is 19.4 Å². The third kappa shape index (κ3) is 4.12. The summed E-state index contributed by atoms with van der Waals surface area (Å²) in [5.41, 5.74) is 3.29. The van der Waals surface area contributed by atoms with Crippen LogP contribution in [0, 0.1) is 6.92 Å². The molecule has 104 valence electrons. The Bertz CT molecular complexity index is 593. The molecule has 0 spiro atoms. The first kappa shape index (κ1) is 14.1. The van der Waals surface area contributed by atoms with Crippen LogP contribution in [-0.2, 0) is 17.8 Å². The summed E-state index contributed by atoms with van der Waals surface area (Å²) >= 11 is 0. The SMILES string of the molecule is Cc1ccccc1CNC(=O)CCc1cccc(O)c1. The molecule has 0 bridgehead atoms. The molecule has 20 heavy (non-hydrogen) atoms. The van der Waals surface area contributed by atoms with Crippen molar-refractivity contribution in [2.24, 2.45) is 0 Å². The first-order valence-corrected chi connectivity index (χ1v) is 6.74. The summed E-state index contributed by atoms with van der Waals surface area (Å²) in [6.45, 7) is 2.60. The summed E-state index contributed by atoms with van der Waals surface area (Å²) in [6.07, 6.45) is 1.06. The van der Waals surface area contributed by atoms with Gasteiger partial charge in [-0.15, -0.1) is 0 Å². The van der Waals surface area contributed by atoms with Crippen molar-refractivity contribution in [1.29, 1.82) is 0 Å². The maximum atomic E-state index is 11.8. The van der Waals surface area contributed by atoms with Crippen LogP contribution in [0.15, 0.2) is 48.5 Å². The number of carbonyl (C=O) groups excluding carboxylic acids is 1. The number of hydrogen-bond donors (Lipinski definition) is 2. The van der Waals surface area contributed by atoms with E-state index in [4.69, 9.17) is 0 Å². The predicted molar refractivity (Wildman–Crippen MR) is 79.5 cm³/mol. The van der Waals surface area contributed by atoms with Gasteiger partial charge in [-0.25, -0.2) is 0 Å². The van der Waals surface area contributed by atoms with Crippen LogP contribution in [0.25, 0.3) is 0 Å². The summed E-state index contributed by atoms with van der Waals surface area (Å²) in [5, 5.41) is 12.3. The van der Waals surface area contributed by atoms with E-state index in [1.54, 1.807) is 18.2 Å². The zero-order chi connectivity index (χ0) is 14.4. The number of benzene rings is 2. The van der Waals surface area contributed by atoms with E-state index >= 15 is 0 Å². The van der Waals surface area contributed by atoms with Crippen LogP contribution in [0.4, 0.5) is 0 Å². The number of hydrogen-bond acceptors (Lipinski definition) is 2. The molecule has 0 saturated carbocycles. The summed E-state index contributed by atoms with van der Waals surface area (Å²) < 4.78 is 0. The van der Waals surface area contributed by atoms with Gasteiger partial charge in [0.1, 0.15) is 5.75 Å². The first-order valence-electron chi connectivity index (χ1n) is 6.74. The fraction of sp³-hybridized carbons (Fsp3) is 0.235. The van der Waals surface area contributed by atoms with Crippen molar-refractivity contribution in [3.05, 3.63) is 65.2 Å². The minimum absolute atomic E-state index is 0.0246. The van der Waals surface area contributed by atoms with Crippen LogP contribution in [0.1, 0.15) is 23.1 Å². The molecule has 0 aliphatic heterocycles. The number of nitrogens with one attached hydrogen (secondary N) is 1. The lowest BCUT2D eigenvalue weighted by Gasteiger charge is -2.08. The molecule has 0 radical (unpaired) electrons. The highest BCUT2D eigenvalue weighted by molar-refractivity contribution is 5.76. The Hall–Kier alpha value is -2.29. The fourth-order valence-electron chi connectivity index (χ4n) is 2.06. The molecule has 0 aliphatic rings. The van der Waals surface area contributed by atoms with Crippen molar-refractivity contribution < 1.29 is 9.90 Å². The molecule has 2 rings (SSSR count). The van der Waals surface area contributed by atoms with Crippen LogP contribution in [-0.4, -0.2) is 11.0 Å². The molecule has 1 amide bonds. The molecule has 2 N–H and O–H groups in total. The molecule has 2 aromatic carbocycles. The third-order valence-corrected chi connectivity index (χ3v) is 3.29. The highest BCUT2D eigenvalue weighted by Gasteiger charge is 2.04. The molecule has 0 saturated heterocycles. The van der Waals surface area contributed by atoms with Gasteiger partial charge < -0.3 is 10.4 Å². The number of aromatic hydroxyl groups is 1. The second kappa shape index (κ2) is 6.75. The minimum atomic E-state index is 0.0246. The monoisotopic (exact) mass is 269 g/mol. The van der Waals surface area contributed by atoms with Gasteiger partial charge in [0.05, 0.1) is 0 Å². The van der Waals surface area contributed by atoms with Crippen molar-refractivity contribution in [3.8, 4) is 5.75 Å². The first-order chi connectivity index (χ1) is 9.65. The summed E-state index contributed by atoms with van der Waals surface area (Å²) in [5.74, 6) is 0.263. The second-order valence-corrected chi connectivity index (χ2v) is 4.87. The normalized spacial score (nSPS) is 10.2. The van der Waals surface area contributed by atoms with E-state index in [1.807, 2.05) is 37.3 Å². The number of phenolic OH excluding ortho intramolecular Hbond substituents is 1. The Kier molecular flexibility index (Phi) is 4.77. The highest BCUT2D eigenvalue weighted by atomic mass is 16.3. The summed E-state index contributed by atoms with van der Waals surface area (Å²) in [6, 6.07) is 15.0. The summed E-state index contributed by atoms with van der Waals surface area (Å²) in [7, 11) is 0. The maximum Gasteiger partial charge on any atom is 0.220 e. The number of carbonyl (C=O) groups is 1. The predicted octanol–water partition coefficient (Wildman–Crippen LogP) is 2.95. The van der Waals surface area contributed by atoms with Gasteiger partial charge in [0.2, 0.25) is 5.91 Å². The second-order valence-electron chi connectivity index (χ2n) is 4.87. The Morgan fingerprint density at radius 2 is 1.95 bits per heavy atom. The van der Waals surface area contributed by atoms with Gasteiger partial charge in [0, 0.05) is 13.0 Å². The van der Waals surface area contributed by atoms with E-state index in [-0.39, 0.29) is 11.7 Å². The van der Waals surface area contributed by atoms with Crippen LogP contribution in [0.3, 0.4) is 0 Å². The molecule has 0 aromatic heterocycles. The quantitative estimate of drug-likeness (QED) is 0.876. The largest absolute Gasteiger partial charge is 0.508 e. The van der Waals surface area contributed by atoms with Crippen molar-refractivity contribution in [2.75, 3.05) is 0 Å². The Balaban J connectivity index is 1.80. The van der Waals surface area contributed by atoms with E-state index in [9.17, 15) is 9.90 Å². The van der Waals surface area contributed by atoms with Crippen molar-refractivity contribution in [1.82, 2.24) is 5.32 Å². The van der Waals surface area contributed by atoms with E-state index in [0.717, 1.165) is 11.1 Å². The van der Waals surface area contributed by atoms with E-state index < -0.39 is 0 Å². The zero-order valence-corrected chi connectivity index (χ0v) is 11.6. The number of aryl methyl sites for hydroxylation is 2. The van der Waals surface area contributed by atoms with E-state index in [1.165, 1.54) is 5.56 Å². The average molecular weight is 269 g/mol. The van der Waals surface area contributed by atoms with E-state index in [2.05, 4.69) is 5.32 Å². The topological polar surface area (TPSA) is 49.3 Å². The van der Waals surface area contributed by atoms with Crippen LogP contribution in [0.5, 0.6) is 5.75 Å². The van der Waals surface area contributed by atoms with Gasteiger partial charge in [0.15, 0.2) is 0 Å². The van der Waals surface area contributed by atoms with Gasteiger partial charge in [0.25, 0.3) is 0 Å². The lowest BCUT2D eigenvalue weighted by Crippen LogP contribution is -2.23. The van der Waals surface area contributed by atoms with Gasteiger partial charge >= 0.3 is 0 Å². The lowest BCUT2D eigenvalue weighted by molar-refractivity contribution is -0.121. The standard InChI is InChI=1S/C17H19NO2/c1-13-5-2-3-7-15(13)12-18-17(20)10-9-14-6-4-8-16(19)11-14/h2-8,11,19H,9-10,12H2,1H3,(H,18,20). The molecular formula is C17H19NO2. The number of amides is 1. The Labute approximate surface area is 119 Å². The van der Waals surface area contributed by atoms with Crippen molar-refractivity contribution in [2.45, 2.75) is 26.3 Å². The van der Waals surface area contributed by atoms with Gasteiger partial charge in [-0.1, -0.05) is 36.4 Å². The molecule has 0 unspecified atom stereocenters. The van der Waals surface area contributed by atoms with Gasteiger partial charge in [-0.3, -0.25) is 4.79 Å². The Morgan fingerprint density at radius 1 is 1.15 bits per heavy atom. The van der Waals surface area contributed by atoms with Crippen molar-refractivity contribution >= 4 is 5.91 Å². The minimum Gasteiger partial charge on any atom is -0.508 e. The van der Waals surface area contributed by atoms with Gasteiger partial charge in [-0.2, -0.15) is 0 Å². The Morgan fingerprint density at radius 3 is 2.70 bits per heavy atom. The molecule has 3 heteroatoms. The molecule has 0 fully saturated rings. The molecule has 0 heterocycles. The smallest absolute Gasteiger partial charge is 0.220 e. The van der Waals surface area contributed by atoms with Crippen LogP contribution in [0.2, 0.25) is 0 Å². The average Bonchev–Trinajstić information content (AvgIpc) is 2.44. The zero-order valence-electron chi connectivity index (χ0n) is 11.6. The lowest BCUT2D eigenvalue weighted by atomic mass is 10.1. The maximum absolute atomic E-state index is 11.8. The highest BCUT2D eigenvalue weighted by Crippen LogP contribution is 2.12. The molecular weight excluding hydrogens is 250 g/mol. The number of rotatable bonds is 5. The summed E-state index contributed by atoms with van der Waals surface area (Å²) in [4.78, 5) is 11.8. The molecule has 2 aromatic rings. The van der Waals surface area contributed by atoms with Gasteiger partial charge in [-0.05, 0) is 42.2 Å². The molecule has 3 nitrogen and oxygen atoms in total. The van der Waals surface area contributed by atoms with Crippen LogP contribution < -0.4 is 5.32 Å². The van der Waals surface area contributed by atoms with Crippen LogP contribution >= 0.6 is 0 Å². The molecule has 0 atom stereocenters. The molecule has 0 aliphatic carbocycles.